The van der Waals surface area contributed by atoms with Crippen molar-refractivity contribution >= 4 is 23.7 Å². The summed E-state index contributed by atoms with van der Waals surface area (Å²) in [6, 6.07) is -3.25. The summed E-state index contributed by atoms with van der Waals surface area (Å²) in [7, 11) is 0. The summed E-state index contributed by atoms with van der Waals surface area (Å²) in [6.07, 6.45) is 1.82. The molecule has 0 saturated carbocycles. The van der Waals surface area contributed by atoms with Crippen LogP contribution in [0.25, 0.3) is 0 Å². The van der Waals surface area contributed by atoms with Crippen molar-refractivity contribution in [3.63, 3.8) is 0 Å². The molecule has 0 spiro atoms. The van der Waals surface area contributed by atoms with Gasteiger partial charge in [0.1, 0.15) is 18.1 Å². The van der Waals surface area contributed by atoms with Crippen LogP contribution in [0.4, 0.5) is 0 Å². The highest BCUT2D eigenvalue weighted by atomic mass is 16.4. The third-order valence-electron chi connectivity index (χ3n) is 5.50. The number of carboxylic acid groups (broad SMARTS) is 1. The number of hydrogen-bond donors (Lipinski definition) is 4. The predicted octanol–water partition coefficient (Wildman–Crippen LogP) is 1.11. The molecule has 1 heterocycles. The maximum atomic E-state index is 13.3. The van der Waals surface area contributed by atoms with Gasteiger partial charge in [0.15, 0.2) is 0 Å². The van der Waals surface area contributed by atoms with Gasteiger partial charge >= 0.3 is 5.97 Å². The van der Waals surface area contributed by atoms with Gasteiger partial charge < -0.3 is 26.4 Å². The zero-order valence-corrected chi connectivity index (χ0v) is 19.7. The van der Waals surface area contributed by atoms with E-state index in [1.165, 1.54) is 4.90 Å². The summed E-state index contributed by atoms with van der Waals surface area (Å²) >= 11 is 0. The Kier molecular flexibility index (Phi) is 10.4. The quantitative estimate of drug-likeness (QED) is 0.379. The molecule has 3 amide bonds. The van der Waals surface area contributed by atoms with Crippen LogP contribution in [0.1, 0.15) is 67.2 Å². The molecule has 1 fully saturated rings. The molecule has 1 saturated heterocycles. The van der Waals surface area contributed by atoms with Crippen molar-refractivity contribution in [1.82, 2.24) is 15.5 Å². The van der Waals surface area contributed by atoms with Gasteiger partial charge in [-0.15, -0.1) is 0 Å². The Morgan fingerprint density at radius 2 is 1.52 bits per heavy atom. The van der Waals surface area contributed by atoms with Crippen LogP contribution in [0, 0.1) is 17.8 Å². The van der Waals surface area contributed by atoms with Gasteiger partial charge in [0.25, 0.3) is 0 Å². The third kappa shape index (κ3) is 8.12. The van der Waals surface area contributed by atoms with Crippen LogP contribution in [0.5, 0.6) is 0 Å². The van der Waals surface area contributed by atoms with Crippen LogP contribution in [0.2, 0.25) is 0 Å². The molecule has 4 atom stereocenters. The van der Waals surface area contributed by atoms with E-state index in [4.69, 9.17) is 5.73 Å². The summed E-state index contributed by atoms with van der Waals surface area (Å²) < 4.78 is 0. The van der Waals surface area contributed by atoms with Gasteiger partial charge in [-0.25, -0.2) is 4.79 Å². The number of carbonyl (C=O) groups excluding carboxylic acids is 3. The van der Waals surface area contributed by atoms with E-state index < -0.39 is 42.0 Å². The molecule has 0 radical (unpaired) electrons. The fourth-order valence-corrected chi connectivity index (χ4v) is 3.73. The maximum absolute atomic E-state index is 13.3. The van der Waals surface area contributed by atoms with Gasteiger partial charge in [0, 0.05) is 6.54 Å². The zero-order valence-electron chi connectivity index (χ0n) is 19.7. The van der Waals surface area contributed by atoms with Crippen molar-refractivity contribution in [2.75, 3.05) is 6.54 Å². The smallest absolute Gasteiger partial charge is 0.326 e. The van der Waals surface area contributed by atoms with Gasteiger partial charge in [-0.05, 0) is 43.4 Å². The highest BCUT2D eigenvalue weighted by Crippen LogP contribution is 2.21. The van der Waals surface area contributed by atoms with E-state index in [0.29, 0.717) is 32.2 Å². The molecule has 178 valence electrons. The van der Waals surface area contributed by atoms with E-state index in [9.17, 15) is 24.3 Å². The SMILES string of the molecule is CC(C)CC(NC(=O)C1CCCN1C(=O)C(CC(C)C)NC(=O)C(N)C(C)C)C(=O)O. The first kappa shape index (κ1) is 26.9. The Morgan fingerprint density at radius 3 is 2.00 bits per heavy atom. The van der Waals surface area contributed by atoms with E-state index in [-0.39, 0.29) is 23.7 Å². The normalized spacial score (nSPS) is 19.4. The number of nitrogens with two attached hydrogens (primary N) is 1. The Morgan fingerprint density at radius 1 is 0.968 bits per heavy atom. The monoisotopic (exact) mass is 440 g/mol. The number of carboxylic acids is 1. The highest BCUT2D eigenvalue weighted by molar-refractivity contribution is 5.94. The summed E-state index contributed by atoms with van der Waals surface area (Å²) in [5.41, 5.74) is 5.93. The molecule has 0 aromatic rings. The van der Waals surface area contributed by atoms with Crippen LogP contribution in [0.15, 0.2) is 0 Å². The van der Waals surface area contributed by atoms with Crippen LogP contribution in [-0.2, 0) is 19.2 Å². The van der Waals surface area contributed by atoms with Crippen molar-refractivity contribution in [3.8, 4) is 0 Å². The lowest BCUT2D eigenvalue weighted by molar-refractivity contribution is -0.145. The van der Waals surface area contributed by atoms with Gasteiger partial charge in [0.05, 0.1) is 6.04 Å². The van der Waals surface area contributed by atoms with E-state index in [2.05, 4.69) is 10.6 Å². The molecule has 9 heteroatoms. The number of aliphatic carboxylic acids is 1. The molecule has 5 N–H and O–H groups in total. The standard InChI is InChI=1S/C22H40N4O5/c1-12(2)10-15(24-20(28)18(23)14(5)6)21(29)26-9-7-8-17(26)19(27)25-16(22(30)31)11-13(3)4/h12-18H,7-11,23H2,1-6H3,(H,24,28)(H,25,27)(H,30,31). The minimum absolute atomic E-state index is 0.0750. The molecule has 0 aliphatic carbocycles. The highest BCUT2D eigenvalue weighted by Gasteiger charge is 2.39. The van der Waals surface area contributed by atoms with Crippen molar-refractivity contribution in [2.45, 2.75) is 91.4 Å². The van der Waals surface area contributed by atoms with E-state index in [1.807, 2.05) is 41.5 Å². The largest absolute Gasteiger partial charge is 0.480 e. The average molecular weight is 441 g/mol. The average Bonchev–Trinajstić information content (AvgIpc) is 3.14. The van der Waals surface area contributed by atoms with Crippen molar-refractivity contribution in [3.05, 3.63) is 0 Å². The number of hydrogen-bond acceptors (Lipinski definition) is 5. The molecule has 0 aromatic heterocycles. The Labute approximate surface area is 185 Å². The third-order valence-corrected chi connectivity index (χ3v) is 5.50. The van der Waals surface area contributed by atoms with E-state index >= 15 is 0 Å². The zero-order chi connectivity index (χ0) is 23.9. The molecule has 0 aromatic carbocycles. The topological polar surface area (TPSA) is 142 Å². The summed E-state index contributed by atoms with van der Waals surface area (Å²) in [5.74, 6) is -2.12. The molecule has 1 rings (SSSR count). The second kappa shape index (κ2) is 12.0. The summed E-state index contributed by atoms with van der Waals surface area (Å²) in [5, 5.41) is 14.8. The molecule has 0 bridgehead atoms. The van der Waals surface area contributed by atoms with Crippen molar-refractivity contribution < 1.29 is 24.3 Å². The molecule has 1 aliphatic rings. The number of nitrogens with one attached hydrogen (secondary N) is 2. The first-order valence-electron chi connectivity index (χ1n) is 11.2. The molecule has 9 nitrogen and oxygen atoms in total. The van der Waals surface area contributed by atoms with Crippen LogP contribution >= 0.6 is 0 Å². The lowest BCUT2D eigenvalue weighted by Crippen LogP contribution is -2.57. The molecule has 4 unspecified atom stereocenters. The lowest BCUT2D eigenvalue weighted by atomic mass is 9.99. The van der Waals surface area contributed by atoms with Crippen molar-refractivity contribution in [1.29, 1.82) is 0 Å². The number of rotatable bonds is 11. The maximum Gasteiger partial charge on any atom is 0.326 e. The number of nitrogens with zero attached hydrogens (tertiary/aromatic N) is 1. The minimum Gasteiger partial charge on any atom is -0.480 e. The van der Waals surface area contributed by atoms with Gasteiger partial charge in [-0.1, -0.05) is 41.5 Å². The fourth-order valence-electron chi connectivity index (χ4n) is 3.73. The fraction of sp³-hybridized carbons (Fsp3) is 0.818. The number of carbonyl (C=O) groups is 4. The number of amides is 3. The van der Waals surface area contributed by atoms with Crippen LogP contribution < -0.4 is 16.4 Å². The van der Waals surface area contributed by atoms with E-state index in [1.54, 1.807) is 0 Å². The first-order valence-corrected chi connectivity index (χ1v) is 11.2. The number of likely N-dealkylation sites (tertiary alicyclic amines) is 1. The van der Waals surface area contributed by atoms with E-state index in [0.717, 1.165) is 0 Å². The molecule has 31 heavy (non-hydrogen) atoms. The summed E-state index contributed by atoms with van der Waals surface area (Å²) in [4.78, 5) is 51.6. The molecular formula is C22H40N4O5. The molecule has 1 aliphatic heterocycles. The lowest BCUT2D eigenvalue weighted by Gasteiger charge is -2.31. The Hall–Kier alpha value is -2.16. The van der Waals surface area contributed by atoms with Crippen LogP contribution in [0.3, 0.4) is 0 Å². The predicted molar refractivity (Wildman–Crippen MR) is 118 cm³/mol. The van der Waals surface area contributed by atoms with Gasteiger partial charge in [0.2, 0.25) is 17.7 Å². The minimum atomic E-state index is -1.09. The Bertz CT molecular complexity index is 650. The van der Waals surface area contributed by atoms with Gasteiger partial charge in [-0.2, -0.15) is 0 Å². The van der Waals surface area contributed by atoms with Crippen molar-refractivity contribution in [2.24, 2.45) is 23.5 Å². The Balaban J connectivity index is 2.96. The summed E-state index contributed by atoms with van der Waals surface area (Å²) in [6.45, 7) is 11.7. The molecular weight excluding hydrogens is 400 g/mol. The van der Waals surface area contributed by atoms with Gasteiger partial charge in [-0.3, -0.25) is 14.4 Å². The second-order valence-electron chi connectivity index (χ2n) is 9.68. The second-order valence-corrected chi connectivity index (χ2v) is 9.68. The first-order chi connectivity index (χ1) is 14.3. The van der Waals surface area contributed by atoms with Crippen LogP contribution in [-0.4, -0.2) is 64.4 Å².